The average Bonchev–Trinajstić information content (AvgIpc) is 2.42. The lowest BCUT2D eigenvalue weighted by molar-refractivity contribution is -0.534. The van der Waals surface area contributed by atoms with E-state index in [1.165, 1.54) is 0 Å². The highest BCUT2D eigenvalue weighted by Gasteiger charge is 2.39. The molecule has 1 rings (SSSR count). The Morgan fingerprint density at radius 3 is 2.36 bits per heavy atom. The summed E-state index contributed by atoms with van der Waals surface area (Å²) in [4.78, 5) is 22.2. The summed E-state index contributed by atoms with van der Waals surface area (Å²) >= 11 is 0. The summed E-state index contributed by atoms with van der Waals surface area (Å²) in [6.45, 7) is 5.05. The highest BCUT2D eigenvalue weighted by atomic mass is 16.6. The third-order valence-corrected chi connectivity index (χ3v) is 3.01. The number of nitro groups is 1. The van der Waals surface area contributed by atoms with Crippen LogP contribution in [-0.2, 0) is 16.0 Å². The van der Waals surface area contributed by atoms with Gasteiger partial charge in [0.1, 0.15) is 11.7 Å². The van der Waals surface area contributed by atoms with Crippen molar-refractivity contribution >= 4 is 5.97 Å². The number of hydrogen-bond acceptors (Lipinski definition) is 6. The molecule has 22 heavy (non-hydrogen) atoms. The van der Waals surface area contributed by atoms with Crippen molar-refractivity contribution in [3.63, 3.8) is 0 Å². The second kappa shape index (κ2) is 7.33. The Kier molecular flexibility index (Phi) is 6.01. The van der Waals surface area contributed by atoms with Gasteiger partial charge in [-0.1, -0.05) is 30.3 Å². The van der Waals surface area contributed by atoms with Crippen molar-refractivity contribution in [3.8, 4) is 0 Å². The smallest absolute Gasteiger partial charge is 0.312 e. The fourth-order valence-electron chi connectivity index (χ4n) is 1.95. The minimum Gasteiger partial charge on any atom is -0.460 e. The van der Waals surface area contributed by atoms with Crippen LogP contribution in [0, 0.1) is 16.0 Å². The van der Waals surface area contributed by atoms with Crippen LogP contribution in [0.15, 0.2) is 30.3 Å². The summed E-state index contributed by atoms with van der Waals surface area (Å²) in [5, 5.41) is 20.9. The fraction of sp³-hybridized carbons (Fsp3) is 0.533. The fourth-order valence-corrected chi connectivity index (χ4v) is 1.95. The maximum Gasteiger partial charge on any atom is 0.312 e. The first-order chi connectivity index (χ1) is 10.1. The van der Waals surface area contributed by atoms with Gasteiger partial charge in [-0.25, -0.2) is 0 Å². The molecular formula is C15H22N2O5. The zero-order chi connectivity index (χ0) is 16.9. The van der Waals surface area contributed by atoms with E-state index >= 15 is 0 Å². The van der Waals surface area contributed by atoms with E-state index in [2.05, 4.69) is 0 Å². The molecule has 0 spiro atoms. The number of carbonyl (C=O) groups excluding carboxylic acids is 1. The molecule has 7 nitrogen and oxygen atoms in total. The Labute approximate surface area is 129 Å². The van der Waals surface area contributed by atoms with Crippen molar-refractivity contribution in [2.45, 2.75) is 45.1 Å². The first-order valence-electron chi connectivity index (χ1n) is 6.96. The van der Waals surface area contributed by atoms with Gasteiger partial charge in [0.2, 0.25) is 0 Å². The third-order valence-electron chi connectivity index (χ3n) is 3.01. The first kappa shape index (κ1) is 18.1. The van der Waals surface area contributed by atoms with Crippen LogP contribution < -0.4 is 5.73 Å². The van der Waals surface area contributed by atoms with Gasteiger partial charge >= 0.3 is 5.97 Å². The van der Waals surface area contributed by atoms with E-state index in [0.717, 1.165) is 5.56 Å². The molecule has 0 aliphatic heterocycles. The van der Waals surface area contributed by atoms with Crippen LogP contribution in [0.1, 0.15) is 26.3 Å². The van der Waals surface area contributed by atoms with Gasteiger partial charge in [-0.05, 0) is 32.8 Å². The summed E-state index contributed by atoms with van der Waals surface area (Å²) < 4.78 is 5.25. The molecule has 0 fully saturated rings. The number of carbonyl (C=O) groups is 1. The molecule has 3 N–H and O–H groups in total. The standard InChI is InChI=1S/C15H22N2O5/c1-15(2,3)22-14(19)11(12(18)13(16)17(20)21)9-10-7-5-4-6-8-10/h4-8,11-13,18H,9,16H2,1-3H3/t11-,12+,13?/m0/s1. The zero-order valence-electron chi connectivity index (χ0n) is 12.9. The van der Waals surface area contributed by atoms with E-state index in [9.17, 15) is 20.0 Å². The second-order valence-corrected chi connectivity index (χ2v) is 6.10. The Hall–Kier alpha value is -1.99. The molecule has 0 saturated carbocycles. The van der Waals surface area contributed by atoms with Crippen LogP contribution in [0.2, 0.25) is 0 Å². The van der Waals surface area contributed by atoms with Crippen molar-refractivity contribution in [1.29, 1.82) is 0 Å². The number of aliphatic hydroxyl groups excluding tert-OH is 1. The van der Waals surface area contributed by atoms with E-state index in [1.54, 1.807) is 45.0 Å². The molecule has 0 radical (unpaired) electrons. The number of ether oxygens (including phenoxy) is 1. The molecule has 0 aliphatic rings. The summed E-state index contributed by atoms with van der Waals surface area (Å²) in [5.41, 5.74) is 5.36. The lowest BCUT2D eigenvalue weighted by Gasteiger charge is -2.27. The Balaban J connectivity index is 2.99. The van der Waals surface area contributed by atoms with Gasteiger partial charge in [0, 0.05) is 4.92 Å². The number of esters is 1. The van der Waals surface area contributed by atoms with Crippen molar-refractivity contribution in [1.82, 2.24) is 0 Å². The van der Waals surface area contributed by atoms with E-state index in [0.29, 0.717) is 0 Å². The summed E-state index contributed by atoms with van der Waals surface area (Å²) in [6.07, 6.45) is -3.27. The molecule has 1 unspecified atom stereocenters. The number of nitrogens with zero attached hydrogens (tertiary/aromatic N) is 1. The highest BCUT2D eigenvalue weighted by molar-refractivity contribution is 5.74. The van der Waals surface area contributed by atoms with E-state index in [-0.39, 0.29) is 6.42 Å². The number of aliphatic hydroxyl groups is 1. The van der Waals surface area contributed by atoms with E-state index in [1.807, 2.05) is 6.07 Å². The van der Waals surface area contributed by atoms with Gasteiger partial charge in [0.15, 0.2) is 0 Å². The lowest BCUT2D eigenvalue weighted by Crippen LogP contribution is -2.49. The molecule has 3 atom stereocenters. The van der Waals surface area contributed by atoms with Crippen LogP contribution in [0.25, 0.3) is 0 Å². The molecule has 122 valence electrons. The molecule has 1 aromatic carbocycles. The number of benzene rings is 1. The monoisotopic (exact) mass is 310 g/mol. The first-order valence-corrected chi connectivity index (χ1v) is 6.96. The minimum atomic E-state index is -1.75. The van der Waals surface area contributed by atoms with Crippen LogP contribution in [0.4, 0.5) is 0 Å². The predicted molar refractivity (Wildman–Crippen MR) is 80.5 cm³/mol. The summed E-state index contributed by atoms with van der Waals surface area (Å²) in [6, 6.07) is 8.90. The van der Waals surface area contributed by atoms with Gasteiger partial charge < -0.3 is 9.84 Å². The van der Waals surface area contributed by atoms with Gasteiger partial charge in [-0.2, -0.15) is 0 Å². The molecule has 0 heterocycles. The maximum atomic E-state index is 12.3. The van der Waals surface area contributed by atoms with Gasteiger partial charge in [0.05, 0.1) is 5.92 Å². The van der Waals surface area contributed by atoms with Crippen molar-refractivity contribution in [3.05, 3.63) is 46.0 Å². The average molecular weight is 310 g/mol. The largest absolute Gasteiger partial charge is 0.460 e. The van der Waals surface area contributed by atoms with Crippen molar-refractivity contribution in [2.24, 2.45) is 11.7 Å². The lowest BCUT2D eigenvalue weighted by atomic mass is 9.92. The van der Waals surface area contributed by atoms with Crippen LogP contribution >= 0.6 is 0 Å². The molecule has 0 amide bonds. The zero-order valence-corrected chi connectivity index (χ0v) is 12.9. The molecule has 1 aromatic rings. The Morgan fingerprint density at radius 1 is 1.36 bits per heavy atom. The van der Waals surface area contributed by atoms with Crippen molar-refractivity contribution in [2.75, 3.05) is 0 Å². The van der Waals surface area contributed by atoms with Gasteiger partial charge in [-0.15, -0.1) is 0 Å². The molecule has 0 aliphatic carbocycles. The van der Waals surface area contributed by atoms with Crippen molar-refractivity contribution < 1.29 is 19.6 Å². The molecule has 7 heteroatoms. The maximum absolute atomic E-state index is 12.3. The van der Waals surface area contributed by atoms with Crippen LogP contribution in [0.5, 0.6) is 0 Å². The number of rotatable bonds is 6. The second-order valence-electron chi connectivity index (χ2n) is 6.10. The minimum absolute atomic E-state index is 0.110. The highest BCUT2D eigenvalue weighted by Crippen LogP contribution is 2.20. The molecule has 0 bridgehead atoms. The Morgan fingerprint density at radius 2 is 1.91 bits per heavy atom. The summed E-state index contributed by atoms with van der Waals surface area (Å²) in [7, 11) is 0. The molecule has 0 saturated heterocycles. The third kappa shape index (κ3) is 5.42. The summed E-state index contributed by atoms with van der Waals surface area (Å²) in [5.74, 6) is -1.82. The SMILES string of the molecule is CC(C)(C)OC(=O)[C@@H](Cc1ccccc1)[C@@H](O)C(N)[N+](=O)[O-]. The van der Waals surface area contributed by atoms with E-state index in [4.69, 9.17) is 10.5 Å². The number of nitrogens with two attached hydrogens (primary N) is 1. The molecule has 0 aromatic heterocycles. The predicted octanol–water partition coefficient (Wildman–Crippen LogP) is 1.11. The molecular weight excluding hydrogens is 288 g/mol. The Bertz CT molecular complexity index is 512. The van der Waals surface area contributed by atoms with Crippen LogP contribution in [0.3, 0.4) is 0 Å². The topological polar surface area (TPSA) is 116 Å². The number of hydrogen-bond donors (Lipinski definition) is 2. The van der Waals surface area contributed by atoms with E-state index < -0.39 is 34.7 Å². The van der Waals surface area contributed by atoms with Gasteiger partial charge in [-0.3, -0.25) is 20.6 Å². The quantitative estimate of drug-likeness (QED) is 0.352. The van der Waals surface area contributed by atoms with Gasteiger partial charge in [0.25, 0.3) is 6.17 Å². The van der Waals surface area contributed by atoms with Crippen LogP contribution in [-0.4, -0.2) is 33.9 Å². The normalized spacial score (nSPS) is 15.7.